The predicted molar refractivity (Wildman–Crippen MR) is 117 cm³/mol. The van der Waals surface area contributed by atoms with Crippen LogP contribution in [0.3, 0.4) is 0 Å². The number of rotatable bonds is 9. The number of benzene rings is 2. The van der Waals surface area contributed by atoms with E-state index in [0.717, 1.165) is 10.5 Å². The molecule has 31 heavy (non-hydrogen) atoms. The molecule has 9 heteroatoms. The van der Waals surface area contributed by atoms with E-state index in [4.69, 9.17) is 9.63 Å². The SMILES string of the molecule is Cc1cc(NC(=O)C(Sc2ccc(NC(=O)CCC(=O)O)cc2)c2ccccc2)no1. The van der Waals surface area contributed by atoms with Crippen molar-refractivity contribution in [1.29, 1.82) is 0 Å². The summed E-state index contributed by atoms with van der Waals surface area (Å²) in [6.45, 7) is 1.74. The average molecular weight is 439 g/mol. The molecule has 0 radical (unpaired) electrons. The smallest absolute Gasteiger partial charge is 0.303 e. The van der Waals surface area contributed by atoms with Gasteiger partial charge < -0.3 is 20.3 Å². The van der Waals surface area contributed by atoms with Crippen LogP contribution in [0.4, 0.5) is 11.5 Å². The average Bonchev–Trinajstić information content (AvgIpc) is 3.16. The third-order valence-electron chi connectivity index (χ3n) is 4.18. The number of carboxylic acid groups (broad SMARTS) is 1. The van der Waals surface area contributed by atoms with Crippen LogP contribution in [0.25, 0.3) is 0 Å². The van der Waals surface area contributed by atoms with Gasteiger partial charge in [0, 0.05) is 23.1 Å². The summed E-state index contributed by atoms with van der Waals surface area (Å²) in [6, 6.07) is 18.0. The fraction of sp³-hybridized carbons (Fsp3) is 0.182. The molecule has 1 aromatic heterocycles. The summed E-state index contributed by atoms with van der Waals surface area (Å²) in [5.41, 5.74) is 1.38. The number of amides is 2. The second-order valence-corrected chi connectivity index (χ2v) is 7.87. The fourth-order valence-electron chi connectivity index (χ4n) is 2.71. The van der Waals surface area contributed by atoms with E-state index in [9.17, 15) is 14.4 Å². The van der Waals surface area contributed by atoms with Gasteiger partial charge in [-0.3, -0.25) is 14.4 Å². The normalized spacial score (nSPS) is 11.5. The quantitative estimate of drug-likeness (QED) is 0.426. The number of nitrogens with zero attached hydrogens (tertiary/aromatic N) is 1. The van der Waals surface area contributed by atoms with Crippen LogP contribution in [0.15, 0.2) is 70.1 Å². The Labute approximate surface area is 183 Å². The van der Waals surface area contributed by atoms with Gasteiger partial charge in [-0.1, -0.05) is 35.5 Å². The van der Waals surface area contributed by atoms with Crippen molar-refractivity contribution in [2.75, 3.05) is 10.6 Å². The van der Waals surface area contributed by atoms with Gasteiger partial charge in [-0.15, -0.1) is 11.8 Å². The highest BCUT2D eigenvalue weighted by molar-refractivity contribution is 8.00. The van der Waals surface area contributed by atoms with Crippen LogP contribution in [0.5, 0.6) is 0 Å². The predicted octanol–water partition coefficient (Wildman–Crippen LogP) is 4.26. The summed E-state index contributed by atoms with van der Waals surface area (Å²) in [4.78, 5) is 36.1. The zero-order valence-corrected chi connectivity index (χ0v) is 17.5. The van der Waals surface area contributed by atoms with Gasteiger partial charge in [0.1, 0.15) is 11.0 Å². The molecule has 2 amide bonds. The number of anilines is 2. The van der Waals surface area contributed by atoms with E-state index >= 15 is 0 Å². The Morgan fingerprint density at radius 2 is 1.74 bits per heavy atom. The highest BCUT2D eigenvalue weighted by Crippen LogP contribution is 2.36. The van der Waals surface area contributed by atoms with E-state index in [0.29, 0.717) is 17.3 Å². The Morgan fingerprint density at radius 3 is 2.35 bits per heavy atom. The van der Waals surface area contributed by atoms with Crippen molar-refractivity contribution in [3.05, 3.63) is 72.0 Å². The number of aromatic nitrogens is 1. The molecule has 0 saturated carbocycles. The first-order valence-electron chi connectivity index (χ1n) is 9.48. The summed E-state index contributed by atoms with van der Waals surface area (Å²) < 4.78 is 5.01. The number of aliphatic carboxylic acids is 1. The lowest BCUT2D eigenvalue weighted by molar-refractivity contribution is -0.138. The lowest BCUT2D eigenvalue weighted by atomic mass is 10.1. The number of carbonyl (C=O) groups is 3. The third kappa shape index (κ3) is 6.71. The highest BCUT2D eigenvalue weighted by atomic mass is 32.2. The maximum atomic E-state index is 12.9. The molecule has 3 N–H and O–H groups in total. The molecule has 3 aromatic rings. The number of carboxylic acids is 1. The van der Waals surface area contributed by atoms with Gasteiger partial charge in [0.2, 0.25) is 11.8 Å². The van der Waals surface area contributed by atoms with E-state index in [-0.39, 0.29) is 24.7 Å². The fourth-order valence-corrected chi connectivity index (χ4v) is 3.74. The summed E-state index contributed by atoms with van der Waals surface area (Å²) in [6.07, 6.45) is -0.317. The first-order valence-corrected chi connectivity index (χ1v) is 10.4. The number of hydrogen-bond donors (Lipinski definition) is 3. The first kappa shape index (κ1) is 22.1. The van der Waals surface area contributed by atoms with Crippen LogP contribution in [0, 0.1) is 6.92 Å². The number of nitrogens with one attached hydrogen (secondary N) is 2. The van der Waals surface area contributed by atoms with Crippen molar-refractivity contribution in [2.24, 2.45) is 0 Å². The Balaban J connectivity index is 1.70. The van der Waals surface area contributed by atoms with E-state index in [1.807, 2.05) is 30.3 Å². The lowest BCUT2D eigenvalue weighted by Gasteiger charge is -2.16. The summed E-state index contributed by atoms with van der Waals surface area (Å²) in [5.74, 6) is -0.681. The molecule has 1 heterocycles. The van der Waals surface area contributed by atoms with E-state index < -0.39 is 11.2 Å². The Hall–Kier alpha value is -3.59. The van der Waals surface area contributed by atoms with Gasteiger partial charge in [0.15, 0.2) is 5.82 Å². The van der Waals surface area contributed by atoms with Crippen molar-refractivity contribution in [3.8, 4) is 0 Å². The zero-order chi connectivity index (χ0) is 22.2. The third-order valence-corrected chi connectivity index (χ3v) is 5.44. The van der Waals surface area contributed by atoms with Crippen LogP contribution >= 0.6 is 11.8 Å². The lowest BCUT2D eigenvalue weighted by Crippen LogP contribution is -2.19. The van der Waals surface area contributed by atoms with Gasteiger partial charge >= 0.3 is 5.97 Å². The number of thioether (sulfide) groups is 1. The van der Waals surface area contributed by atoms with Crippen molar-refractivity contribution >= 4 is 41.1 Å². The molecule has 0 saturated heterocycles. The Bertz CT molecular complexity index is 1050. The Kier molecular flexibility index (Phi) is 7.45. The maximum absolute atomic E-state index is 12.9. The molecule has 0 fully saturated rings. The van der Waals surface area contributed by atoms with Crippen LogP contribution in [0.2, 0.25) is 0 Å². The van der Waals surface area contributed by atoms with E-state index in [2.05, 4.69) is 15.8 Å². The molecule has 1 unspecified atom stereocenters. The second kappa shape index (κ2) is 10.4. The molecular formula is C22H21N3O5S. The molecule has 2 aromatic carbocycles. The van der Waals surface area contributed by atoms with Gasteiger partial charge in [-0.05, 0) is 36.8 Å². The minimum Gasteiger partial charge on any atom is -0.481 e. The van der Waals surface area contributed by atoms with E-state index in [1.54, 1.807) is 37.3 Å². The molecule has 1 atom stereocenters. The topological polar surface area (TPSA) is 122 Å². The highest BCUT2D eigenvalue weighted by Gasteiger charge is 2.23. The van der Waals surface area contributed by atoms with Crippen LogP contribution in [-0.4, -0.2) is 28.0 Å². The minimum atomic E-state index is -1.02. The molecule has 8 nitrogen and oxygen atoms in total. The van der Waals surface area contributed by atoms with Crippen molar-refractivity contribution in [3.63, 3.8) is 0 Å². The Morgan fingerprint density at radius 1 is 1.03 bits per heavy atom. The molecule has 0 aliphatic rings. The minimum absolute atomic E-state index is 0.0936. The molecule has 0 spiro atoms. The van der Waals surface area contributed by atoms with Gasteiger partial charge in [0.05, 0.1) is 6.42 Å². The molecule has 0 aliphatic heterocycles. The summed E-state index contributed by atoms with van der Waals surface area (Å²) in [5, 5.41) is 17.4. The van der Waals surface area contributed by atoms with Crippen molar-refractivity contribution < 1.29 is 24.0 Å². The largest absolute Gasteiger partial charge is 0.481 e. The van der Waals surface area contributed by atoms with Gasteiger partial charge in [-0.2, -0.15) is 0 Å². The molecule has 3 rings (SSSR count). The van der Waals surface area contributed by atoms with Crippen LogP contribution < -0.4 is 10.6 Å². The molecule has 0 bridgehead atoms. The van der Waals surface area contributed by atoms with Crippen LogP contribution in [-0.2, 0) is 14.4 Å². The monoisotopic (exact) mass is 439 g/mol. The standard InChI is InChI=1S/C22H21N3O5S/c1-14-13-18(25-30-14)24-22(29)21(15-5-3-2-4-6-15)31-17-9-7-16(8-10-17)23-19(26)11-12-20(27)28/h2-10,13,21H,11-12H2,1H3,(H,23,26)(H,27,28)(H,24,25,29). The van der Waals surface area contributed by atoms with Crippen molar-refractivity contribution in [1.82, 2.24) is 5.16 Å². The molecular weight excluding hydrogens is 418 g/mol. The first-order chi connectivity index (χ1) is 14.9. The molecule has 160 valence electrons. The van der Waals surface area contributed by atoms with E-state index in [1.165, 1.54) is 11.8 Å². The van der Waals surface area contributed by atoms with Gasteiger partial charge in [0.25, 0.3) is 0 Å². The second-order valence-electron chi connectivity index (χ2n) is 6.69. The van der Waals surface area contributed by atoms with Gasteiger partial charge in [-0.25, -0.2) is 0 Å². The summed E-state index contributed by atoms with van der Waals surface area (Å²) in [7, 11) is 0. The number of carbonyl (C=O) groups excluding carboxylic acids is 2. The van der Waals surface area contributed by atoms with Crippen molar-refractivity contribution in [2.45, 2.75) is 29.9 Å². The number of hydrogen-bond acceptors (Lipinski definition) is 6. The summed E-state index contributed by atoms with van der Waals surface area (Å²) >= 11 is 1.36. The zero-order valence-electron chi connectivity index (χ0n) is 16.7. The molecule has 0 aliphatic carbocycles. The number of aryl methyl sites for hydroxylation is 1. The maximum Gasteiger partial charge on any atom is 0.303 e. The van der Waals surface area contributed by atoms with Crippen LogP contribution in [0.1, 0.15) is 29.4 Å².